The minimum absolute atomic E-state index is 0.0289. The molecule has 1 amide bonds. The highest BCUT2D eigenvalue weighted by Crippen LogP contribution is 2.28. The summed E-state index contributed by atoms with van der Waals surface area (Å²) < 4.78 is 1.04. The van der Waals surface area contributed by atoms with Gasteiger partial charge in [-0.2, -0.15) is 0 Å². The number of nitrogens with two attached hydrogens (primary N) is 1. The third kappa shape index (κ3) is 5.69. The van der Waals surface area contributed by atoms with Gasteiger partial charge in [-0.25, -0.2) is 4.98 Å². The van der Waals surface area contributed by atoms with Crippen molar-refractivity contribution in [2.24, 2.45) is 5.73 Å². The molecule has 2 rings (SSSR count). The Hall–Kier alpha value is -1.66. The Labute approximate surface area is 131 Å². The minimum Gasteiger partial charge on any atom is -0.378 e. The van der Waals surface area contributed by atoms with E-state index in [2.05, 4.69) is 10.3 Å². The van der Waals surface area contributed by atoms with Gasteiger partial charge in [-0.05, 0) is 18.2 Å². The average Bonchev–Trinajstić information content (AvgIpc) is 2.92. The fraction of sp³-hybridized carbons (Fsp3) is 0.467. The maximum absolute atomic E-state index is 11.2. The molecular weight excluding hydrogens is 284 g/mol. The van der Waals surface area contributed by atoms with Gasteiger partial charge >= 0.3 is 0 Å². The largest absolute Gasteiger partial charge is 0.378 e. The molecule has 3 N–H and O–H groups in total. The van der Waals surface area contributed by atoms with Crippen LogP contribution in [0.1, 0.15) is 27.7 Å². The highest BCUT2D eigenvalue weighted by Gasteiger charge is 2.07. The average molecular weight is 310 g/mol. The van der Waals surface area contributed by atoms with Crippen molar-refractivity contribution in [2.45, 2.75) is 27.7 Å². The number of amides is 1. The van der Waals surface area contributed by atoms with Gasteiger partial charge in [-0.1, -0.05) is 39.0 Å². The fourth-order valence-corrected chi connectivity index (χ4v) is 2.33. The van der Waals surface area contributed by atoms with Gasteiger partial charge in [0.15, 0.2) is 5.13 Å². The van der Waals surface area contributed by atoms with Gasteiger partial charge in [0.1, 0.15) is 0 Å². The Morgan fingerprint density at radius 2 is 1.90 bits per heavy atom. The zero-order valence-corrected chi connectivity index (χ0v) is 14.5. The molecule has 1 aromatic heterocycles. The quantitative estimate of drug-likeness (QED) is 0.912. The van der Waals surface area contributed by atoms with Crippen molar-refractivity contribution in [3.8, 4) is 0 Å². The number of thiazole rings is 1. The van der Waals surface area contributed by atoms with E-state index in [9.17, 15) is 4.79 Å². The Morgan fingerprint density at radius 1 is 1.29 bits per heavy atom. The number of benzene rings is 1. The molecule has 0 spiro atoms. The van der Waals surface area contributed by atoms with Gasteiger partial charge < -0.3 is 16.0 Å². The molecule has 0 radical (unpaired) electrons. The normalized spacial score (nSPS) is 9.10. The van der Waals surface area contributed by atoms with E-state index in [0.717, 1.165) is 15.9 Å². The first-order valence-corrected chi connectivity index (χ1v) is 7.99. The molecule has 0 unspecified atom stereocenters. The van der Waals surface area contributed by atoms with Crippen LogP contribution in [0, 0.1) is 0 Å². The number of rotatable bonds is 3. The van der Waals surface area contributed by atoms with Crippen LogP contribution in [0.25, 0.3) is 10.2 Å². The molecule has 2 aromatic rings. The van der Waals surface area contributed by atoms with Crippen molar-refractivity contribution in [1.82, 2.24) is 4.98 Å². The van der Waals surface area contributed by atoms with E-state index < -0.39 is 0 Å². The Bertz CT molecular complexity index is 552. The zero-order valence-electron chi connectivity index (χ0n) is 13.7. The smallest absolute Gasteiger partial charge is 0.239 e. The van der Waals surface area contributed by atoms with Crippen LogP contribution in [0.2, 0.25) is 0 Å². The summed E-state index contributed by atoms with van der Waals surface area (Å²) in [5, 5.41) is 3.25. The molecule has 0 aliphatic heterocycles. The van der Waals surface area contributed by atoms with Gasteiger partial charge in [0.2, 0.25) is 5.91 Å². The van der Waals surface area contributed by atoms with Crippen LogP contribution in [0.3, 0.4) is 0 Å². The summed E-state index contributed by atoms with van der Waals surface area (Å²) in [7, 11) is 3.97. The second-order valence-corrected chi connectivity index (χ2v) is 4.85. The highest BCUT2D eigenvalue weighted by molar-refractivity contribution is 7.22. The van der Waals surface area contributed by atoms with Crippen molar-refractivity contribution >= 4 is 38.3 Å². The van der Waals surface area contributed by atoms with Crippen molar-refractivity contribution < 1.29 is 4.79 Å². The third-order valence-corrected chi connectivity index (χ3v) is 3.25. The molecule has 1 heterocycles. The van der Waals surface area contributed by atoms with Crippen LogP contribution >= 0.6 is 11.3 Å². The summed E-state index contributed by atoms with van der Waals surface area (Å²) in [4.78, 5) is 17.5. The number of nitrogens with one attached hydrogen (secondary N) is 1. The molecule has 0 atom stereocenters. The molecule has 0 bridgehead atoms. The van der Waals surface area contributed by atoms with Crippen LogP contribution in [0.15, 0.2) is 18.2 Å². The standard InChI is InChI=1S/C11H14N4OS.2C2H6/c1-15(2)7-3-4-8-9(5-7)17-11(13-8)14-10(16)6-12;2*1-2/h3-5H,6,12H2,1-2H3,(H,13,14,16);2*1-2H3. The molecule has 1 aromatic carbocycles. The van der Waals surface area contributed by atoms with Gasteiger partial charge in [-0.15, -0.1) is 0 Å². The summed E-state index contributed by atoms with van der Waals surface area (Å²) in [5.74, 6) is -0.225. The molecule has 5 nitrogen and oxygen atoms in total. The molecular formula is C15H26N4OS. The summed E-state index contributed by atoms with van der Waals surface area (Å²) in [6.07, 6.45) is 0. The summed E-state index contributed by atoms with van der Waals surface area (Å²) in [5.41, 5.74) is 7.23. The van der Waals surface area contributed by atoms with Crippen molar-refractivity contribution in [1.29, 1.82) is 0 Å². The number of carbonyl (C=O) groups excluding carboxylic acids is 1. The van der Waals surface area contributed by atoms with Crippen LogP contribution in [-0.4, -0.2) is 31.5 Å². The van der Waals surface area contributed by atoms with E-state index >= 15 is 0 Å². The number of aromatic nitrogens is 1. The second-order valence-electron chi connectivity index (χ2n) is 3.82. The predicted octanol–water partition coefficient (Wildman–Crippen LogP) is 3.31. The van der Waals surface area contributed by atoms with Crippen LogP contribution in [0.4, 0.5) is 10.8 Å². The zero-order chi connectivity index (χ0) is 16.4. The van der Waals surface area contributed by atoms with E-state index in [-0.39, 0.29) is 12.5 Å². The van der Waals surface area contributed by atoms with E-state index in [4.69, 9.17) is 5.73 Å². The van der Waals surface area contributed by atoms with E-state index in [0.29, 0.717) is 5.13 Å². The molecule has 118 valence electrons. The number of hydrogen-bond acceptors (Lipinski definition) is 5. The maximum atomic E-state index is 11.2. The topological polar surface area (TPSA) is 71.2 Å². The third-order valence-electron chi connectivity index (χ3n) is 2.32. The van der Waals surface area contributed by atoms with Crippen LogP contribution in [0.5, 0.6) is 0 Å². The molecule has 6 heteroatoms. The lowest BCUT2D eigenvalue weighted by molar-refractivity contribution is -0.114. The number of carbonyl (C=O) groups is 1. The summed E-state index contributed by atoms with van der Waals surface area (Å²) in [6, 6.07) is 5.99. The lowest BCUT2D eigenvalue weighted by Crippen LogP contribution is -2.21. The lowest BCUT2D eigenvalue weighted by Gasteiger charge is -2.11. The highest BCUT2D eigenvalue weighted by atomic mass is 32.1. The molecule has 0 aliphatic carbocycles. The van der Waals surface area contributed by atoms with Crippen LogP contribution in [-0.2, 0) is 4.79 Å². The van der Waals surface area contributed by atoms with Gasteiger partial charge in [0.05, 0.1) is 16.8 Å². The second kappa shape index (κ2) is 10.1. The molecule has 0 saturated heterocycles. The number of nitrogens with zero attached hydrogens (tertiary/aromatic N) is 2. The first-order chi connectivity index (χ1) is 10.1. The van der Waals surface area contributed by atoms with Crippen molar-refractivity contribution in [2.75, 3.05) is 30.9 Å². The number of hydrogen-bond donors (Lipinski definition) is 2. The van der Waals surface area contributed by atoms with Gasteiger partial charge in [0.25, 0.3) is 0 Å². The number of anilines is 2. The fourth-order valence-electron chi connectivity index (χ4n) is 1.42. The van der Waals surface area contributed by atoms with E-state index in [1.807, 2.05) is 64.9 Å². The predicted molar refractivity (Wildman–Crippen MR) is 94.3 cm³/mol. The minimum atomic E-state index is -0.225. The summed E-state index contributed by atoms with van der Waals surface area (Å²) >= 11 is 1.45. The first-order valence-electron chi connectivity index (χ1n) is 7.18. The molecule has 0 fully saturated rings. The molecule has 0 saturated carbocycles. The maximum Gasteiger partial charge on any atom is 0.239 e. The van der Waals surface area contributed by atoms with E-state index in [1.165, 1.54) is 11.3 Å². The first kappa shape index (κ1) is 19.3. The van der Waals surface area contributed by atoms with Gasteiger partial charge in [-0.3, -0.25) is 4.79 Å². The molecule has 21 heavy (non-hydrogen) atoms. The Balaban J connectivity index is 0.000000921. The Morgan fingerprint density at radius 3 is 2.43 bits per heavy atom. The molecule has 0 aliphatic rings. The summed E-state index contributed by atoms with van der Waals surface area (Å²) in [6.45, 7) is 7.97. The van der Waals surface area contributed by atoms with Gasteiger partial charge in [0, 0.05) is 19.8 Å². The Kier molecular flexibility index (Phi) is 9.32. The van der Waals surface area contributed by atoms with E-state index in [1.54, 1.807) is 0 Å². The van der Waals surface area contributed by atoms with Crippen molar-refractivity contribution in [3.63, 3.8) is 0 Å². The number of fused-ring (bicyclic) bond motifs is 1. The SMILES string of the molecule is CC.CC.CN(C)c1ccc2nc(NC(=O)CN)sc2c1. The lowest BCUT2D eigenvalue weighted by atomic mass is 10.3. The van der Waals surface area contributed by atoms with Crippen LogP contribution < -0.4 is 16.0 Å². The van der Waals surface area contributed by atoms with Crippen molar-refractivity contribution in [3.05, 3.63) is 18.2 Å². The monoisotopic (exact) mass is 310 g/mol.